The van der Waals surface area contributed by atoms with Gasteiger partial charge in [0.15, 0.2) is 0 Å². The molecule has 0 aromatic heterocycles. The van der Waals surface area contributed by atoms with Crippen LogP contribution in [-0.2, 0) is 4.79 Å². The van der Waals surface area contributed by atoms with Crippen LogP contribution in [0.3, 0.4) is 0 Å². The van der Waals surface area contributed by atoms with Crippen molar-refractivity contribution in [3.63, 3.8) is 0 Å². The van der Waals surface area contributed by atoms with Crippen LogP contribution in [0.1, 0.15) is 19.8 Å². The van der Waals surface area contributed by atoms with Gasteiger partial charge in [-0.1, -0.05) is 12.1 Å². The number of oxime groups is 1. The molecule has 4 N–H and O–H groups in total. The van der Waals surface area contributed by atoms with Crippen molar-refractivity contribution >= 4 is 17.4 Å². The van der Waals surface area contributed by atoms with Crippen molar-refractivity contribution in [2.24, 2.45) is 10.9 Å². The molecule has 6 nitrogen and oxygen atoms in total. The standard InChI is InChI=1S/C12H17N3O3/c1-2-7-18-10-5-3-9(4-6-10)14-12(16)8-11(13)15-17/h3-6,17H,2,7-8H2,1H3,(H2,13,15)(H,14,16). The van der Waals surface area contributed by atoms with Gasteiger partial charge in [-0.25, -0.2) is 0 Å². The van der Waals surface area contributed by atoms with E-state index >= 15 is 0 Å². The molecule has 18 heavy (non-hydrogen) atoms. The lowest BCUT2D eigenvalue weighted by Crippen LogP contribution is -2.21. The van der Waals surface area contributed by atoms with E-state index in [1.54, 1.807) is 24.3 Å². The maximum absolute atomic E-state index is 11.4. The minimum absolute atomic E-state index is 0.129. The molecule has 1 amide bonds. The second-order valence-electron chi connectivity index (χ2n) is 3.69. The highest BCUT2D eigenvalue weighted by Crippen LogP contribution is 2.15. The number of nitrogens with one attached hydrogen (secondary N) is 1. The van der Waals surface area contributed by atoms with Crippen molar-refractivity contribution in [1.29, 1.82) is 0 Å². The van der Waals surface area contributed by atoms with Gasteiger partial charge in [-0.15, -0.1) is 0 Å². The van der Waals surface area contributed by atoms with Gasteiger partial charge in [0.25, 0.3) is 0 Å². The van der Waals surface area contributed by atoms with Gasteiger partial charge < -0.3 is 21.0 Å². The van der Waals surface area contributed by atoms with Gasteiger partial charge in [-0.2, -0.15) is 0 Å². The molecule has 0 fully saturated rings. The quantitative estimate of drug-likeness (QED) is 0.309. The van der Waals surface area contributed by atoms with Crippen molar-refractivity contribution in [2.45, 2.75) is 19.8 Å². The van der Waals surface area contributed by atoms with E-state index in [1.165, 1.54) is 0 Å². The summed E-state index contributed by atoms with van der Waals surface area (Å²) in [4.78, 5) is 11.4. The Balaban J connectivity index is 2.50. The van der Waals surface area contributed by atoms with Crippen LogP contribution in [0.2, 0.25) is 0 Å². The molecule has 0 bridgehead atoms. The van der Waals surface area contributed by atoms with E-state index in [9.17, 15) is 4.79 Å². The van der Waals surface area contributed by atoms with E-state index in [-0.39, 0.29) is 18.2 Å². The van der Waals surface area contributed by atoms with Crippen molar-refractivity contribution < 1.29 is 14.7 Å². The summed E-state index contributed by atoms with van der Waals surface area (Å²) in [5.41, 5.74) is 5.86. The highest BCUT2D eigenvalue weighted by molar-refractivity contribution is 6.04. The third-order valence-electron chi connectivity index (χ3n) is 2.08. The first-order valence-corrected chi connectivity index (χ1v) is 5.64. The van der Waals surface area contributed by atoms with Crippen LogP contribution in [-0.4, -0.2) is 23.6 Å². The molecular weight excluding hydrogens is 234 g/mol. The molecule has 1 rings (SSSR count). The van der Waals surface area contributed by atoms with Crippen LogP contribution in [0.4, 0.5) is 5.69 Å². The number of hydrogen-bond acceptors (Lipinski definition) is 4. The van der Waals surface area contributed by atoms with Crippen molar-refractivity contribution in [2.75, 3.05) is 11.9 Å². The van der Waals surface area contributed by atoms with Gasteiger partial charge in [0.1, 0.15) is 11.6 Å². The minimum Gasteiger partial charge on any atom is -0.494 e. The summed E-state index contributed by atoms with van der Waals surface area (Å²) in [6.07, 6.45) is 0.794. The van der Waals surface area contributed by atoms with Gasteiger partial charge >= 0.3 is 0 Å². The highest BCUT2D eigenvalue weighted by Gasteiger charge is 2.05. The molecule has 0 atom stereocenters. The predicted molar refractivity (Wildman–Crippen MR) is 68.9 cm³/mol. The Morgan fingerprint density at radius 2 is 2.11 bits per heavy atom. The predicted octanol–water partition coefficient (Wildman–Crippen LogP) is 1.55. The number of ether oxygens (including phenoxy) is 1. The molecule has 6 heteroatoms. The number of rotatable bonds is 6. The van der Waals surface area contributed by atoms with Crippen LogP contribution in [0.5, 0.6) is 5.75 Å². The fraction of sp³-hybridized carbons (Fsp3) is 0.333. The first-order valence-electron chi connectivity index (χ1n) is 5.64. The smallest absolute Gasteiger partial charge is 0.232 e. The van der Waals surface area contributed by atoms with Crippen LogP contribution in [0.25, 0.3) is 0 Å². The number of benzene rings is 1. The van der Waals surface area contributed by atoms with E-state index in [0.29, 0.717) is 12.3 Å². The fourth-order valence-electron chi connectivity index (χ4n) is 1.26. The van der Waals surface area contributed by atoms with E-state index in [2.05, 4.69) is 10.5 Å². The van der Waals surface area contributed by atoms with E-state index < -0.39 is 0 Å². The molecule has 0 aliphatic carbocycles. The Kier molecular flexibility index (Phi) is 5.50. The average Bonchev–Trinajstić information content (AvgIpc) is 2.37. The summed E-state index contributed by atoms with van der Waals surface area (Å²) in [7, 11) is 0. The number of carbonyl (C=O) groups is 1. The molecule has 0 aliphatic rings. The number of amidine groups is 1. The third kappa shape index (κ3) is 4.73. The number of nitrogens with two attached hydrogens (primary N) is 1. The molecular formula is C12H17N3O3. The monoisotopic (exact) mass is 251 g/mol. The minimum atomic E-state index is -0.340. The van der Waals surface area contributed by atoms with Crippen LogP contribution >= 0.6 is 0 Å². The summed E-state index contributed by atoms with van der Waals surface area (Å²) in [5.74, 6) is 0.286. The Morgan fingerprint density at radius 1 is 1.44 bits per heavy atom. The number of hydrogen-bond donors (Lipinski definition) is 3. The topological polar surface area (TPSA) is 96.9 Å². The molecule has 0 spiro atoms. The average molecular weight is 251 g/mol. The summed E-state index contributed by atoms with van der Waals surface area (Å²) in [6, 6.07) is 7.01. The second-order valence-corrected chi connectivity index (χ2v) is 3.69. The van der Waals surface area contributed by atoms with Crippen molar-refractivity contribution in [3.8, 4) is 5.75 Å². The molecule has 0 unspecified atom stereocenters. The molecule has 0 radical (unpaired) electrons. The molecule has 1 aromatic carbocycles. The van der Waals surface area contributed by atoms with Gasteiger partial charge in [-0.3, -0.25) is 4.79 Å². The molecule has 1 aromatic rings. The summed E-state index contributed by atoms with van der Waals surface area (Å²) in [5, 5.41) is 13.7. The maximum Gasteiger partial charge on any atom is 0.232 e. The number of anilines is 1. The third-order valence-corrected chi connectivity index (χ3v) is 2.08. The zero-order valence-corrected chi connectivity index (χ0v) is 10.2. The second kappa shape index (κ2) is 7.16. The lowest BCUT2D eigenvalue weighted by Gasteiger charge is -2.07. The zero-order valence-electron chi connectivity index (χ0n) is 10.2. The maximum atomic E-state index is 11.4. The van der Waals surface area contributed by atoms with Crippen LogP contribution in [0, 0.1) is 0 Å². The largest absolute Gasteiger partial charge is 0.494 e. The SMILES string of the molecule is CCCOc1ccc(NC(=O)CC(N)=NO)cc1. The lowest BCUT2D eigenvalue weighted by atomic mass is 10.3. The van der Waals surface area contributed by atoms with Gasteiger partial charge in [0.05, 0.1) is 13.0 Å². The summed E-state index contributed by atoms with van der Waals surface area (Å²) in [6.45, 7) is 2.69. The van der Waals surface area contributed by atoms with Crippen molar-refractivity contribution in [1.82, 2.24) is 0 Å². The first-order chi connectivity index (χ1) is 8.65. The van der Waals surface area contributed by atoms with E-state index in [4.69, 9.17) is 15.7 Å². The Labute approximate surface area is 105 Å². The molecule has 0 aliphatic heterocycles. The number of amides is 1. The summed E-state index contributed by atoms with van der Waals surface area (Å²) < 4.78 is 5.41. The number of carbonyl (C=O) groups excluding carboxylic acids is 1. The Hall–Kier alpha value is -2.24. The van der Waals surface area contributed by atoms with Gasteiger partial charge in [0.2, 0.25) is 5.91 Å². The normalized spacial score (nSPS) is 11.1. The van der Waals surface area contributed by atoms with Gasteiger partial charge in [0, 0.05) is 5.69 Å². The Bertz CT molecular complexity index is 415. The highest BCUT2D eigenvalue weighted by atomic mass is 16.5. The fourth-order valence-corrected chi connectivity index (χ4v) is 1.26. The number of nitrogens with zero attached hydrogens (tertiary/aromatic N) is 1. The molecule has 98 valence electrons. The first kappa shape index (κ1) is 13.8. The van der Waals surface area contributed by atoms with E-state index in [0.717, 1.165) is 12.2 Å². The van der Waals surface area contributed by atoms with Crippen molar-refractivity contribution in [3.05, 3.63) is 24.3 Å². The molecule has 0 saturated heterocycles. The Morgan fingerprint density at radius 3 is 2.67 bits per heavy atom. The summed E-state index contributed by atoms with van der Waals surface area (Å²) >= 11 is 0. The van der Waals surface area contributed by atoms with Crippen LogP contribution < -0.4 is 15.8 Å². The van der Waals surface area contributed by atoms with Crippen LogP contribution in [0.15, 0.2) is 29.4 Å². The molecule has 0 heterocycles. The van der Waals surface area contributed by atoms with E-state index in [1.807, 2.05) is 6.92 Å². The zero-order chi connectivity index (χ0) is 13.4. The van der Waals surface area contributed by atoms with Gasteiger partial charge in [-0.05, 0) is 30.7 Å². The molecule has 0 saturated carbocycles. The lowest BCUT2D eigenvalue weighted by molar-refractivity contribution is -0.115.